The van der Waals surface area contributed by atoms with E-state index in [0.29, 0.717) is 24.0 Å². The molecular formula is C33H62N2O. The molecule has 1 saturated carbocycles. The topological polar surface area (TPSA) is 33.6 Å². The Hall–Kier alpha value is -0.830. The predicted octanol–water partition coefficient (Wildman–Crippen LogP) is 10.5. The van der Waals surface area contributed by atoms with Gasteiger partial charge in [0.25, 0.3) is 0 Å². The molecule has 0 radical (unpaired) electrons. The Morgan fingerprint density at radius 2 is 1.33 bits per heavy atom. The molecule has 1 aliphatic carbocycles. The summed E-state index contributed by atoms with van der Waals surface area (Å²) in [6.45, 7) is 9.26. The van der Waals surface area contributed by atoms with Crippen molar-refractivity contribution in [3.8, 4) is 0 Å². The molecule has 0 aromatic heterocycles. The zero-order valence-corrected chi connectivity index (χ0v) is 24.8. The number of fused-ring (bicyclic) bond motifs is 1. The van der Waals surface area contributed by atoms with Crippen LogP contribution in [0.2, 0.25) is 0 Å². The van der Waals surface area contributed by atoms with Crippen molar-refractivity contribution in [2.45, 2.75) is 181 Å². The fourth-order valence-electron chi connectivity index (χ4n) is 6.33. The number of hydrogen-bond donors (Lipinski definition) is 1. The van der Waals surface area contributed by atoms with E-state index in [1.54, 1.807) is 5.57 Å². The van der Waals surface area contributed by atoms with Crippen molar-refractivity contribution >= 4 is 6.21 Å². The molecule has 3 heteroatoms. The fourth-order valence-corrected chi connectivity index (χ4v) is 6.33. The van der Waals surface area contributed by atoms with Gasteiger partial charge in [0.1, 0.15) is 0 Å². The molecule has 0 aromatic rings. The minimum absolute atomic E-state index is 0.440. The van der Waals surface area contributed by atoms with Gasteiger partial charge in [-0.05, 0) is 63.4 Å². The Morgan fingerprint density at radius 3 is 1.97 bits per heavy atom. The van der Waals surface area contributed by atoms with E-state index in [0.717, 1.165) is 0 Å². The summed E-state index contributed by atoms with van der Waals surface area (Å²) in [5, 5.41) is 4.70. The van der Waals surface area contributed by atoms with Gasteiger partial charge in [0, 0.05) is 23.7 Å². The maximum Gasteiger partial charge on any atom is 0.0582 e. The van der Waals surface area contributed by atoms with Crippen molar-refractivity contribution in [1.29, 1.82) is 0 Å². The van der Waals surface area contributed by atoms with Crippen LogP contribution in [0.25, 0.3) is 0 Å². The zero-order chi connectivity index (χ0) is 25.8. The summed E-state index contributed by atoms with van der Waals surface area (Å²) in [5.74, 6) is 1.22. The quantitative estimate of drug-likeness (QED) is 0.168. The van der Waals surface area contributed by atoms with Gasteiger partial charge in [0.15, 0.2) is 0 Å². The molecule has 3 atom stereocenters. The Balaban J connectivity index is 2.06. The first-order valence-electron chi connectivity index (χ1n) is 16.4. The summed E-state index contributed by atoms with van der Waals surface area (Å²) in [4.78, 5) is 0. The number of unbranched alkanes of at least 4 members (excludes halogenated alkanes) is 9. The first-order valence-corrected chi connectivity index (χ1v) is 16.4. The van der Waals surface area contributed by atoms with Crippen molar-refractivity contribution in [1.82, 2.24) is 5.43 Å². The Morgan fingerprint density at radius 1 is 0.750 bits per heavy atom. The van der Waals surface area contributed by atoms with Gasteiger partial charge in [-0.2, -0.15) is 5.10 Å². The molecule has 36 heavy (non-hydrogen) atoms. The molecule has 3 unspecified atom stereocenters. The normalized spacial score (nSPS) is 21.2. The summed E-state index contributed by atoms with van der Waals surface area (Å²) in [6, 6.07) is 0. The van der Waals surface area contributed by atoms with E-state index in [1.165, 1.54) is 147 Å². The molecule has 0 saturated heterocycles. The smallest absolute Gasteiger partial charge is 0.0582 e. The van der Waals surface area contributed by atoms with Crippen LogP contribution in [0.1, 0.15) is 169 Å². The molecule has 0 aromatic carbocycles. The molecule has 0 spiro atoms. The summed E-state index contributed by atoms with van der Waals surface area (Å²) < 4.78 is 6.89. The lowest BCUT2D eigenvalue weighted by molar-refractivity contribution is -0.0326. The molecule has 0 bridgehead atoms. The lowest BCUT2D eigenvalue weighted by Crippen LogP contribution is -2.30. The number of nitrogens with one attached hydrogen (secondary N) is 1. The van der Waals surface area contributed by atoms with Crippen molar-refractivity contribution in [2.24, 2.45) is 16.9 Å². The third-order valence-corrected chi connectivity index (χ3v) is 8.62. The number of hydrogen-bond acceptors (Lipinski definition) is 3. The number of allylic oxidation sites excluding steroid dienone is 2. The maximum atomic E-state index is 6.89. The molecule has 2 rings (SSSR count). The standard InChI is InChI=1S/C33H62N2O/c1-5-9-13-17-20-28(19-14-10-6-2)33-32-26-25-31(24-18-21-29(32)27-34-35-33)36-30(22-15-11-7-3)23-16-12-8-4/h27-31,35H,5-26H2,1-4H3. The van der Waals surface area contributed by atoms with E-state index in [4.69, 9.17) is 9.84 Å². The molecule has 1 heterocycles. The second kappa shape index (κ2) is 20.2. The van der Waals surface area contributed by atoms with Gasteiger partial charge in [-0.25, -0.2) is 0 Å². The molecular weight excluding hydrogens is 440 g/mol. The van der Waals surface area contributed by atoms with Gasteiger partial charge in [0.2, 0.25) is 0 Å². The molecule has 0 amide bonds. The van der Waals surface area contributed by atoms with Gasteiger partial charge in [-0.1, -0.05) is 111 Å². The van der Waals surface area contributed by atoms with E-state index in [2.05, 4.69) is 39.3 Å². The van der Waals surface area contributed by atoms with Crippen LogP contribution in [0.3, 0.4) is 0 Å². The summed E-state index contributed by atoms with van der Waals surface area (Å²) in [7, 11) is 0. The highest BCUT2D eigenvalue weighted by Gasteiger charge is 2.29. The molecule has 3 nitrogen and oxygen atoms in total. The fraction of sp³-hybridized carbons (Fsp3) is 0.909. The van der Waals surface area contributed by atoms with Crippen LogP contribution in [0.15, 0.2) is 16.4 Å². The molecule has 1 aliphatic heterocycles. The van der Waals surface area contributed by atoms with Crippen LogP contribution in [-0.2, 0) is 4.74 Å². The average Bonchev–Trinajstić information content (AvgIpc) is 2.87. The first kappa shape index (κ1) is 31.4. The molecule has 1 N–H and O–H groups in total. The van der Waals surface area contributed by atoms with Gasteiger partial charge in [-0.15, -0.1) is 0 Å². The Labute approximate surface area is 225 Å². The maximum absolute atomic E-state index is 6.89. The third-order valence-electron chi connectivity index (χ3n) is 8.62. The second-order valence-corrected chi connectivity index (χ2v) is 11.8. The predicted molar refractivity (Wildman–Crippen MR) is 159 cm³/mol. The highest BCUT2D eigenvalue weighted by Crippen LogP contribution is 2.36. The van der Waals surface area contributed by atoms with Crippen LogP contribution in [-0.4, -0.2) is 18.4 Å². The van der Waals surface area contributed by atoms with Crippen LogP contribution >= 0.6 is 0 Å². The van der Waals surface area contributed by atoms with E-state index in [-0.39, 0.29) is 0 Å². The van der Waals surface area contributed by atoms with Crippen molar-refractivity contribution < 1.29 is 4.74 Å². The summed E-state index contributed by atoms with van der Waals surface area (Å²) in [6.07, 6.45) is 31.8. The van der Waals surface area contributed by atoms with Gasteiger partial charge >= 0.3 is 0 Å². The highest BCUT2D eigenvalue weighted by atomic mass is 16.5. The second-order valence-electron chi connectivity index (χ2n) is 11.8. The number of hydrazone groups is 1. The number of nitrogens with zero attached hydrogens (tertiary/aromatic N) is 1. The monoisotopic (exact) mass is 502 g/mol. The van der Waals surface area contributed by atoms with Gasteiger partial charge in [0.05, 0.1) is 12.2 Å². The Bertz CT molecular complexity index is 588. The molecule has 1 fully saturated rings. The third kappa shape index (κ3) is 12.1. The zero-order valence-electron chi connectivity index (χ0n) is 24.8. The number of rotatable bonds is 20. The van der Waals surface area contributed by atoms with Crippen LogP contribution in [0.4, 0.5) is 0 Å². The first-order chi connectivity index (χ1) is 17.7. The Kier molecular flexibility index (Phi) is 17.6. The van der Waals surface area contributed by atoms with Crippen molar-refractivity contribution in [3.63, 3.8) is 0 Å². The minimum atomic E-state index is 0.440. The van der Waals surface area contributed by atoms with Crippen LogP contribution < -0.4 is 5.43 Å². The van der Waals surface area contributed by atoms with E-state index in [1.807, 2.05) is 0 Å². The highest BCUT2D eigenvalue weighted by molar-refractivity contribution is 5.67. The lowest BCUT2D eigenvalue weighted by atomic mass is 9.80. The van der Waals surface area contributed by atoms with E-state index in [9.17, 15) is 0 Å². The SMILES string of the molecule is CCCCCCC(CCCCC)C1=C2CCC(OC(CCCCC)CCCCC)CCCC2C=NN1. The average molecular weight is 503 g/mol. The molecule has 210 valence electrons. The van der Waals surface area contributed by atoms with Crippen LogP contribution in [0.5, 0.6) is 0 Å². The van der Waals surface area contributed by atoms with Gasteiger partial charge < -0.3 is 4.74 Å². The molecule has 2 aliphatic rings. The van der Waals surface area contributed by atoms with Crippen LogP contribution in [0, 0.1) is 11.8 Å². The van der Waals surface area contributed by atoms with Gasteiger partial charge in [-0.3, -0.25) is 5.43 Å². The van der Waals surface area contributed by atoms with Crippen molar-refractivity contribution in [3.05, 3.63) is 11.3 Å². The summed E-state index contributed by atoms with van der Waals surface area (Å²) >= 11 is 0. The lowest BCUT2D eigenvalue weighted by Gasteiger charge is -2.34. The minimum Gasteiger partial charge on any atom is -0.375 e. The van der Waals surface area contributed by atoms with E-state index >= 15 is 0 Å². The number of ether oxygens (including phenoxy) is 1. The summed E-state index contributed by atoms with van der Waals surface area (Å²) in [5.41, 5.74) is 6.76. The largest absolute Gasteiger partial charge is 0.375 e. The van der Waals surface area contributed by atoms with E-state index < -0.39 is 0 Å². The van der Waals surface area contributed by atoms with Crippen molar-refractivity contribution in [2.75, 3.05) is 0 Å².